The number of aromatic amines is 1. The van der Waals surface area contributed by atoms with Crippen LogP contribution in [-0.2, 0) is 20.9 Å². The summed E-state index contributed by atoms with van der Waals surface area (Å²) >= 11 is 0. The van der Waals surface area contributed by atoms with Gasteiger partial charge in [0.25, 0.3) is 17.6 Å². The maximum Gasteiger partial charge on any atom is 0.299 e. The van der Waals surface area contributed by atoms with Crippen LogP contribution in [0.3, 0.4) is 0 Å². The number of carbonyl (C=O) groups excluding carboxylic acids is 4. The number of carbonyl (C=O) groups is 4. The first kappa shape index (κ1) is 29.4. The quantitative estimate of drug-likeness (QED) is 0.218. The monoisotopic (exact) mass is 599 g/mol. The van der Waals surface area contributed by atoms with Crippen molar-refractivity contribution in [3.8, 4) is 0 Å². The molecule has 0 spiro atoms. The average Bonchev–Trinajstić information content (AvgIpc) is 3.57. The molecule has 3 amide bonds. The fraction of sp³-hybridized carbons (Fsp3) is 0.167. The number of nitrogens with one attached hydrogen (secondary N) is 2. The summed E-state index contributed by atoms with van der Waals surface area (Å²) in [6.07, 6.45) is 1.75. The van der Waals surface area contributed by atoms with Gasteiger partial charge in [-0.1, -0.05) is 54.6 Å². The van der Waals surface area contributed by atoms with E-state index in [0.29, 0.717) is 16.9 Å². The summed E-state index contributed by atoms with van der Waals surface area (Å²) < 4.78 is 0. The van der Waals surface area contributed by atoms with Gasteiger partial charge in [0.15, 0.2) is 0 Å². The van der Waals surface area contributed by atoms with E-state index >= 15 is 0 Å². The fourth-order valence-electron chi connectivity index (χ4n) is 5.75. The van der Waals surface area contributed by atoms with Crippen molar-refractivity contribution < 1.29 is 19.2 Å². The molecule has 0 fully saturated rings. The minimum Gasteiger partial charge on any atom is -0.378 e. The van der Waals surface area contributed by atoms with Crippen molar-refractivity contribution in [1.82, 2.24) is 9.88 Å². The lowest BCUT2D eigenvalue weighted by Gasteiger charge is -2.33. The summed E-state index contributed by atoms with van der Waals surface area (Å²) in [7, 11) is 3.87. The van der Waals surface area contributed by atoms with E-state index < -0.39 is 36.1 Å². The van der Waals surface area contributed by atoms with E-state index in [1.807, 2.05) is 98.7 Å². The third kappa shape index (κ3) is 5.68. The molecule has 0 aliphatic carbocycles. The summed E-state index contributed by atoms with van der Waals surface area (Å²) in [5.74, 6) is -2.32. The molecule has 1 atom stereocenters. The Kier molecular flexibility index (Phi) is 7.91. The van der Waals surface area contributed by atoms with Gasteiger partial charge in [-0.3, -0.25) is 24.1 Å². The molecule has 4 aromatic carbocycles. The van der Waals surface area contributed by atoms with Gasteiger partial charge < -0.3 is 20.1 Å². The van der Waals surface area contributed by atoms with E-state index in [4.69, 9.17) is 0 Å². The topological polar surface area (TPSA) is 106 Å². The fourth-order valence-corrected chi connectivity index (χ4v) is 5.75. The van der Waals surface area contributed by atoms with Crippen LogP contribution >= 0.6 is 0 Å². The number of benzene rings is 4. The number of para-hydroxylation sites is 2. The van der Waals surface area contributed by atoms with Crippen LogP contribution in [-0.4, -0.2) is 54.0 Å². The molecular weight excluding hydrogens is 566 g/mol. The maximum atomic E-state index is 14.5. The maximum absolute atomic E-state index is 14.5. The molecule has 0 unspecified atom stereocenters. The Morgan fingerprint density at radius 1 is 0.867 bits per heavy atom. The first-order valence-electron chi connectivity index (χ1n) is 14.7. The van der Waals surface area contributed by atoms with E-state index in [2.05, 4.69) is 10.3 Å². The van der Waals surface area contributed by atoms with Gasteiger partial charge in [-0.05, 0) is 60.5 Å². The normalized spacial score (nSPS) is 13.1. The van der Waals surface area contributed by atoms with Crippen LogP contribution < -0.4 is 15.1 Å². The molecule has 6 rings (SSSR count). The molecule has 45 heavy (non-hydrogen) atoms. The van der Waals surface area contributed by atoms with Crippen molar-refractivity contribution in [2.24, 2.45) is 0 Å². The van der Waals surface area contributed by atoms with Crippen molar-refractivity contribution in [2.75, 3.05) is 35.8 Å². The van der Waals surface area contributed by atoms with Crippen molar-refractivity contribution >= 4 is 51.5 Å². The molecular formula is C36H33N5O4. The number of ketones is 1. The Balaban J connectivity index is 1.43. The number of fused-ring (bicyclic) bond motifs is 2. The second kappa shape index (κ2) is 12.1. The predicted octanol–water partition coefficient (Wildman–Crippen LogP) is 5.48. The van der Waals surface area contributed by atoms with Gasteiger partial charge in [-0.2, -0.15) is 0 Å². The third-order valence-electron chi connectivity index (χ3n) is 8.22. The van der Waals surface area contributed by atoms with Gasteiger partial charge in [0.1, 0.15) is 12.6 Å². The number of aryl methyl sites for hydroxylation is 1. The minimum absolute atomic E-state index is 0.0975. The van der Waals surface area contributed by atoms with Crippen molar-refractivity contribution in [3.05, 3.63) is 126 Å². The van der Waals surface area contributed by atoms with Crippen molar-refractivity contribution in [3.63, 3.8) is 0 Å². The van der Waals surface area contributed by atoms with Crippen LogP contribution in [0.4, 0.5) is 17.1 Å². The molecule has 0 saturated heterocycles. The highest BCUT2D eigenvalue weighted by Crippen LogP contribution is 2.33. The number of anilines is 3. The van der Waals surface area contributed by atoms with Crippen LogP contribution in [0.25, 0.3) is 10.9 Å². The summed E-state index contributed by atoms with van der Waals surface area (Å²) in [5.41, 5.74) is 5.42. The Morgan fingerprint density at radius 3 is 2.31 bits per heavy atom. The van der Waals surface area contributed by atoms with Gasteiger partial charge in [-0.25, -0.2) is 0 Å². The standard InChI is InChI=1S/C36H33N5O4/c1-23-10-4-5-11-24(23)21-41(32(42)22-40-31-15-9-7-13-28(31)34(43)36(40)45)33(29-20-37-30-14-8-6-12-27(29)30)35(44)38-25-16-18-26(19-17-25)39(2)3/h4-20,33,37H,21-22H2,1-3H3,(H,38,44)/t33-/m0/s1. The van der Waals surface area contributed by atoms with Crippen LogP contribution in [0.2, 0.25) is 0 Å². The number of rotatable bonds is 9. The zero-order valence-corrected chi connectivity index (χ0v) is 25.3. The van der Waals surface area contributed by atoms with Gasteiger partial charge in [0, 0.05) is 54.7 Å². The second-order valence-corrected chi connectivity index (χ2v) is 11.3. The highest BCUT2D eigenvalue weighted by molar-refractivity contribution is 6.52. The van der Waals surface area contributed by atoms with Gasteiger partial charge >= 0.3 is 0 Å². The number of hydrogen-bond acceptors (Lipinski definition) is 5. The lowest BCUT2D eigenvalue weighted by Crippen LogP contribution is -2.46. The molecule has 2 heterocycles. The summed E-state index contributed by atoms with van der Waals surface area (Å²) in [6, 6.07) is 28.3. The van der Waals surface area contributed by atoms with Crippen LogP contribution in [0.5, 0.6) is 0 Å². The van der Waals surface area contributed by atoms with E-state index in [9.17, 15) is 19.2 Å². The summed E-state index contributed by atoms with van der Waals surface area (Å²) in [6.45, 7) is 1.64. The number of H-pyrrole nitrogens is 1. The SMILES string of the molecule is Cc1ccccc1CN(C(=O)CN1C(=O)C(=O)c2ccccc21)[C@H](C(=O)Nc1ccc(N(C)C)cc1)c1c[nH]c2ccccc12. The lowest BCUT2D eigenvalue weighted by atomic mass is 10.0. The first-order valence-corrected chi connectivity index (χ1v) is 14.7. The van der Waals surface area contributed by atoms with Crippen molar-refractivity contribution in [1.29, 1.82) is 0 Å². The second-order valence-electron chi connectivity index (χ2n) is 11.3. The Labute approximate surface area is 261 Å². The molecule has 9 heteroatoms. The third-order valence-corrected chi connectivity index (χ3v) is 8.22. The lowest BCUT2D eigenvalue weighted by molar-refractivity contribution is -0.139. The summed E-state index contributed by atoms with van der Waals surface area (Å²) in [5, 5.41) is 3.81. The van der Waals surface area contributed by atoms with E-state index in [1.165, 1.54) is 9.80 Å². The highest BCUT2D eigenvalue weighted by Gasteiger charge is 2.40. The molecule has 9 nitrogen and oxygen atoms in total. The molecule has 1 aliphatic rings. The number of Topliss-reactive ketones (excluding diaryl/α,β-unsaturated/α-hetero) is 1. The van der Waals surface area contributed by atoms with Gasteiger partial charge in [-0.15, -0.1) is 0 Å². The zero-order valence-electron chi connectivity index (χ0n) is 25.3. The van der Waals surface area contributed by atoms with E-state index in [1.54, 1.807) is 30.5 Å². The van der Waals surface area contributed by atoms with Gasteiger partial charge in [0.05, 0.1) is 11.3 Å². The minimum atomic E-state index is -1.08. The van der Waals surface area contributed by atoms with Crippen LogP contribution in [0, 0.1) is 6.92 Å². The summed E-state index contributed by atoms with van der Waals surface area (Å²) in [4.78, 5) is 62.6. The number of nitrogens with zero attached hydrogens (tertiary/aromatic N) is 3. The molecule has 226 valence electrons. The van der Waals surface area contributed by atoms with Crippen molar-refractivity contribution in [2.45, 2.75) is 19.5 Å². The zero-order chi connectivity index (χ0) is 31.7. The molecule has 1 aromatic heterocycles. The molecule has 2 N–H and O–H groups in total. The number of hydrogen-bond donors (Lipinski definition) is 2. The Morgan fingerprint density at radius 2 is 1.56 bits per heavy atom. The highest BCUT2D eigenvalue weighted by atomic mass is 16.2. The number of amides is 3. The molecule has 0 radical (unpaired) electrons. The van der Waals surface area contributed by atoms with Gasteiger partial charge in [0.2, 0.25) is 5.91 Å². The van der Waals surface area contributed by atoms with Crippen LogP contribution in [0.15, 0.2) is 103 Å². The molecule has 0 saturated carbocycles. The smallest absolute Gasteiger partial charge is 0.299 e. The molecule has 5 aromatic rings. The largest absolute Gasteiger partial charge is 0.378 e. The van der Waals surface area contributed by atoms with E-state index in [0.717, 1.165) is 27.7 Å². The predicted molar refractivity (Wildman–Crippen MR) is 175 cm³/mol. The Hall–Kier alpha value is -5.70. The molecule has 0 bridgehead atoms. The number of aromatic nitrogens is 1. The first-order chi connectivity index (χ1) is 21.7. The van der Waals surface area contributed by atoms with Crippen LogP contribution in [0.1, 0.15) is 33.1 Å². The molecule has 1 aliphatic heterocycles. The van der Waals surface area contributed by atoms with E-state index in [-0.39, 0.29) is 12.1 Å². The Bertz CT molecular complexity index is 1930. The average molecular weight is 600 g/mol.